The molecule has 1 nitrogen and oxygen atoms in total. The van der Waals surface area contributed by atoms with E-state index in [0.29, 0.717) is 6.42 Å². The first-order chi connectivity index (χ1) is 9.19. The van der Waals surface area contributed by atoms with Crippen molar-refractivity contribution in [2.24, 2.45) is 0 Å². The molecule has 1 unspecified atom stereocenters. The molecule has 100 valence electrons. The summed E-state index contributed by atoms with van der Waals surface area (Å²) in [7, 11) is 1.92. The Labute approximate surface area is 122 Å². The van der Waals surface area contributed by atoms with E-state index in [-0.39, 0.29) is 11.9 Å². The first-order valence-electron chi connectivity index (χ1n) is 6.34. The standard InChI is InChI=1S/C16H17BrFN/c1-19-15(10-12-5-4-7-14(17)9-12)11-13-6-2-3-8-16(13)18/h2-9,15,19H,10-11H2,1H3. The highest BCUT2D eigenvalue weighted by molar-refractivity contribution is 9.10. The quantitative estimate of drug-likeness (QED) is 0.878. The van der Waals surface area contributed by atoms with Gasteiger partial charge in [-0.3, -0.25) is 0 Å². The third-order valence-electron chi connectivity index (χ3n) is 3.20. The number of benzene rings is 2. The predicted molar refractivity (Wildman–Crippen MR) is 80.8 cm³/mol. The lowest BCUT2D eigenvalue weighted by atomic mass is 9.99. The predicted octanol–water partition coefficient (Wildman–Crippen LogP) is 3.96. The molecule has 0 spiro atoms. The fraction of sp³-hybridized carbons (Fsp3) is 0.250. The molecular formula is C16H17BrFN. The van der Waals surface area contributed by atoms with Crippen LogP contribution in [0.2, 0.25) is 0 Å². The van der Waals surface area contributed by atoms with E-state index in [9.17, 15) is 4.39 Å². The molecule has 2 aromatic rings. The summed E-state index contributed by atoms with van der Waals surface area (Å²) in [6.45, 7) is 0. The van der Waals surface area contributed by atoms with Crippen LogP contribution in [0.1, 0.15) is 11.1 Å². The van der Waals surface area contributed by atoms with E-state index in [1.807, 2.05) is 31.3 Å². The normalized spacial score (nSPS) is 12.4. The molecule has 0 heterocycles. The van der Waals surface area contributed by atoms with Gasteiger partial charge >= 0.3 is 0 Å². The lowest BCUT2D eigenvalue weighted by Crippen LogP contribution is -2.30. The zero-order valence-corrected chi connectivity index (χ0v) is 12.5. The van der Waals surface area contributed by atoms with Gasteiger partial charge in [0.05, 0.1) is 0 Å². The van der Waals surface area contributed by atoms with Crippen molar-refractivity contribution in [3.63, 3.8) is 0 Å². The molecule has 0 saturated heterocycles. The average molecular weight is 322 g/mol. The van der Waals surface area contributed by atoms with E-state index >= 15 is 0 Å². The van der Waals surface area contributed by atoms with Crippen LogP contribution in [0.3, 0.4) is 0 Å². The Bertz CT molecular complexity index is 542. The summed E-state index contributed by atoms with van der Waals surface area (Å²) in [6.07, 6.45) is 1.57. The molecule has 0 bridgehead atoms. The maximum Gasteiger partial charge on any atom is 0.126 e. The number of hydrogen-bond donors (Lipinski definition) is 1. The second-order valence-electron chi connectivity index (χ2n) is 4.62. The Morgan fingerprint density at radius 3 is 2.58 bits per heavy atom. The van der Waals surface area contributed by atoms with Crippen LogP contribution in [0.15, 0.2) is 53.0 Å². The molecule has 0 fully saturated rings. The van der Waals surface area contributed by atoms with Crippen molar-refractivity contribution in [1.82, 2.24) is 5.32 Å². The summed E-state index contributed by atoms with van der Waals surface area (Å²) in [4.78, 5) is 0. The number of nitrogens with one attached hydrogen (secondary N) is 1. The molecule has 0 aliphatic carbocycles. The van der Waals surface area contributed by atoms with Crippen molar-refractivity contribution in [1.29, 1.82) is 0 Å². The van der Waals surface area contributed by atoms with E-state index in [2.05, 4.69) is 33.4 Å². The van der Waals surface area contributed by atoms with Gasteiger partial charge in [0.2, 0.25) is 0 Å². The topological polar surface area (TPSA) is 12.0 Å². The number of halogens is 2. The third kappa shape index (κ3) is 4.15. The van der Waals surface area contributed by atoms with Crippen LogP contribution in [0.5, 0.6) is 0 Å². The summed E-state index contributed by atoms with van der Waals surface area (Å²) in [6, 6.07) is 15.4. The van der Waals surface area contributed by atoms with Crippen LogP contribution in [0.25, 0.3) is 0 Å². The van der Waals surface area contributed by atoms with Gasteiger partial charge < -0.3 is 5.32 Å². The van der Waals surface area contributed by atoms with Crippen molar-refractivity contribution in [3.8, 4) is 0 Å². The van der Waals surface area contributed by atoms with Crippen molar-refractivity contribution >= 4 is 15.9 Å². The SMILES string of the molecule is CNC(Cc1cccc(Br)c1)Cc1ccccc1F. The van der Waals surface area contributed by atoms with Gasteiger partial charge in [-0.25, -0.2) is 4.39 Å². The molecule has 1 atom stereocenters. The van der Waals surface area contributed by atoms with Gasteiger partial charge in [-0.05, 0) is 49.2 Å². The number of hydrogen-bond acceptors (Lipinski definition) is 1. The Balaban J connectivity index is 2.07. The smallest absolute Gasteiger partial charge is 0.126 e. The van der Waals surface area contributed by atoms with Crippen molar-refractivity contribution in [2.45, 2.75) is 18.9 Å². The Morgan fingerprint density at radius 2 is 1.89 bits per heavy atom. The van der Waals surface area contributed by atoms with Crippen LogP contribution >= 0.6 is 15.9 Å². The van der Waals surface area contributed by atoms with Gasteiger partial charge in [-0.1, -0.05) is 46.3 Å². The lowest BCUT2D eigenvalue weighted by molar-refractivity contribution is 0.532. The molecule has 0 saturated carbocycles. The molecule has 19 heavy (non-hydrogen) atoms. The minimum absolute atomic E-state index is 0.128. The Morgan fingerprint density at radius 1 is 1.11 bits per heavy atom. The van der Waals surface area contributed by atoms with Crippen LogP contribution < -0.4 is 5.32 Å². The molecule has 0 aliphatic heterocycles. The summed E-state index contributed by atoms with van der Waals surface area (Å²) < 4.78 is 14.7. The molecule has 2 rings (SSSR count). The van der Waals surface area contributed by atoms with Crippen molar-refractivity contribution < 1.29 is 4.39 Å². The van der Waals surface area contributed by atoms with Crippen LogP contribution in [0, 0.1) is 5.82 Å². The van der Waals surface area contributed by atoms with E-state index in [0.717, 1.165) is 16.5 Å². The minimum atomic E-state index is -0.128. The Hall–Kier alpha value is -1.19. The molecule has 0 aliphatic rings. The molecule has 0 amide bonds. The summed E-state index contributed by atoms with van der Waals surface area (Å²) in [5.41, 5.74) is 2.00. The second kappa shape index (κ2) is 6.83. The number of rotatable bonds is 5. The monoisotopic (exact) mass is 321 g/mol. The third-order valence-corrected chi connectivity index (χ3v) is 3.70. The fourth-order valence-corrected chi connectivity index (χ4v) is 2.60. The van der Waals surface area contributed by atoms with Gasteiger partial charge in [0.25, 0.3) is 0 Å². The van der Waals surface area contributed by atoms with Gasteiger partial charge in [-0.15, -0.1) is 0 Å². The zero-order chi connectivity index (χ0) is 13.7. The molecular weight excluding hydrogens is 305 g/mol. The van der Waals surface area contributed by atoms with E-state index in [4.69, 9.17) is 0 Å². The average Bonchev–Trinajstić information content (AvgIpc) is 2.40. The Kier molecular flexibility index (Phi) is 5.11. The molecule has 0 aromatic heterocycles. The second-order valence-corrected chi connectivity index (χ2v) is 5.53. The largest absolute Gasteiger partial charge is 0.316 e. The summed E-state index contributed by atoms with van der Waals surface area (Å²) in [5, 5.41) is 3.26. The van der Waals surface area contributed by atoms with Gasteiger partial charge in [-0.2, -0.15) is 0 Å². The van der Waals surface area contributed by atoms with E-state index < -0.39 is 0 Å². The van der Waals surface area contributed by atoms with E-state index in [1.54, 1.807) is 6.07 Å². The maximum absolute atomic E-state index is 13.7. The van der Waals surface area contributed by atoms with Gasteiger partial charge in [0.15, 0.2) is 0 Å². The molecule has 1 N–H and O–H groups in total. The minimum Gasteiger partial charge on any atom is -0.316 e. The van der Waals surface area contributed by atoms with Gasteiger partial charge in [0, 0.05) is 10.5 Å². The first kappa shape index (κ1) is 14.2. The highest BCUT2D eigenvalue weighted by atomic mass is 79.9. The van der Waals surface area contributed by atoms with Crippen molar-refractivity contribution in [2.75, 3.05) is 7.05 Å². The molecule has 2 aromatic carbocycles. The maximum atomic E-state index is 13.7. The number of likely N-dealkylation sites (N-methyl/N-ethyl adjacent to an activating group) is 1. The highest BCUT2D eigenvalue weighted by Crippen LogP contribution is 2.15. The lowest BCUT2D eigenvalue weighted by Gasteiger charge is -2.17. The molecule has 0 radical (unpaired) electrons. The highest BCUT2D eigenvalue weighted by Gasteiger charge is 2.11. The fourth-order valence-electron chi connectivity index (χ4n) is 2.15. The van der Waals surface area contributed by atoms with Crippen LogP contribution in [0.4, 0.5) is 4.39 Å². The van der Waals surface area contributed by atoms with Crippen LogP contribution in [-0.2, 0) is 12.8 Å². The van der Waals surface area contributed by atoms with Crippen LogP contribution in [-0.4, -0.2) is 13.1 Å². The summed E-state index contributed by atoms with van der Waals surface area (Å²) >= 11 is 3.47. The van der Waals surface area contributed by atoms with Gasteiger partial charge in [0.1, 0.15) is 5.82 Å². The summed E-state index contributed by atoms with van der Waals surface area (Å²) in [5.74, 6) is -0.128. The molecule has 3 heteroatoms. The van der Waals surface area contributed by atoms with E-state index in [1.165, 1.54) is 11.6 Å². The zero-order valence-electron chi connectivity index (χ0n) is 10.9. The van der Waals surface area contributed by atoms with Crippen molar-refractivity contribution in [3.05, 3.63) is 69.9 Å². The first-order valence-corrected chi connectivity index (χ1v) is 7.13.